The second-order valence-electron chi connectivity index (χ2n) is 4.16. The molecule has 0 aromatic carbocycles. The molecule has 0 saturated carbocycles. The van der Waals surface area contributed by atoms with Crippen molar-refractivity contribution in [2.75, 3.05) is 0 Å². The molecule has 4 N–H and O–H groups in total. The first-order valence-corrected chi connectivity index (χ1v) is 7.20. The zero-order valence-electron chi connectivity index (χ0n) is 10.7. The van der Waals surface area contributed by atoms with Crippen LogP contribution < -0.4 is 10.5 Å². The Morgan fingerprint density at radius 3 is 2.74 bits per heavy atom. The summed E-state index contributed by atoms with van der Waals surface area (Å²) in [6, 6.07) is 0. The lowest BCUT2D eigenvalue weighted by atomic mass is 10.2. The van der Waals surface area contributed by atoms with Crippen LogP contribution in [-0.2, 0) is 23.1 Å². The van der Waals surface area contributed by atoms with Gasteiger partial charge in [0.15, 0.2) is 0 Å². The normalized spacial score (nSPS) is 11.9. The quantitative estimate of drug-likeness (QED) is 0.742. The molecule has 104 valence electrons. The third-order valence-electron chi connectivity index (χ3n) is 2.82. The van der Waals surface area contributed by atoms with Crippen molar-refractivity contribution in [1.82, 2.24) is 14.9 Å². The summed E-state index contributed by atoms with van der Waals surface area (Å²) in [7, 11) is -3.65. The molecule has 8 heteroatoms. The van der Waals surface area contributed by atoms with Gasteiger partial charge in [-0.2, -0.15) is 5.10 Å². The smallest absolute Gasteiger partial charge is 0.244 e. The summed E-state index contributed by atoms with van der Waals surface area (Å²) in [4.78, 5) is 0.135. The van der Waals surface area contributed by atoms with Gasteiger partial charge in [-0.15, -0.1) is 0 Å². The molecule has 0 spiro atoms. The van der Waals surface area contributed by atoms with E-state index in [1.54, 1.807) is 26.2 Å². The van der Waals surface area contributed by atoms with E-state index in [-0.39, 0.29) is 18.0 Å². The number of hydrogen-bond donors (Lipinski definition) is 3. The number of nitrogens with one attached hydrogen (secondary N) is 2. The van der Waals surface area contributed by atoms with Gasteiger partial charge >= 0.3 is 0 Å². The van der Waals surface area contributed by atoms with E-state index in [1.165, 1.54) is 0 Å². The van der Waals surface area contributed by atoms with Gasteiger partial charge in [-0.1, -0.05) is 0 Å². The van der Waals surface area contributed by atoms with Crippen LogP contribution >= 0.6 is 0 Å². The maximum atomic E-state index is 12.3. The second-order valence-corrected chi connectivity index (χ2v) is 5.86. The molecule has 0 atom stereocenters. The van der Waals surface area contributed by atoms with Gasteiger partial charge in [0.25, 0.3) is 0 Å². The topological polar surface area (TPSA) is 114 Å². The second kappa shape index (κ2) is 5.16. The fourth-order valence-electron chi connectivity index (χ4n) is 1.92. The zero-order valence-corrected chi connectivity index (χ0v) is 11.5. The fraction of sp³-hybridized carbons (Fsp3) is 0.364. The lowest BCUT2D eigenvalue weighted by Gasteiger charge is -2.06. The first kappa shape index (κ1) is 13.8. The molecule has 0 unspecified atom stereocenters. The molecule has 2 rings (SSSR count). The molecule has 0 saturated heterocycles. The highest BCUT2D eigenvalue weighted by Crippen LogP contribution is 2.26. The third kappa shape index (κ3) is 2.70. The molecule has 0 bridgehead atoms. The number of H-pyrrole nitrogens is 1. The average molecular weight is 284 g/mol. The Morgan fingerprint density at radius 1 is 1.42 bits per heavy atom. The molecule has 0 aliphatic carbocycles. The number of aryl methyl sites for hydroxylation is 2. The molecule has 0 radical (unpaired) electrons. The van der Waals surface area contributed by atoms with E-state index >= 15 is 0 Å². The number of nitrogens with two attached hydrogens (primary N) is 1. The van der Waals surface area contributed by atoms with Crippen molar-refractivity contribution >= 4 is 10.0 Å². The minimum atomic E-state index is -3.65. The SMILES string of the molecule is Cc1oc(C)c(S(=O)(=O)NCc2cn[nH]c2)c1CN. The molecule has 0 aliphatic rings. The van der Waals surface area contributed by atoms with E-state index in [0.29, 0.717) is 17.1 Å². The Hall–Kier alpha value is -1.64. The van der Waals surface area contributed by atoms with Gasteiger partial charge in [0.2, 0.25) is 10.0 Å². The number of aromatic amines is 1. The van der Waals surface area contributed by atoms with Crippen molar-refractivity contribution in [1.29, 1.82) is 0 Å². The van der Waals surface area contributed by atoms with Crippen molar-refractivity contribution in [3.05, 3.63) is 35.0 Å². The number of aromatic nitrogens is 2. The fourth-order valence-corrected chi connectivity index (χ4v) is 3.40. The molecule has 2 heterocycles. The van der Waals surface area contributed by atoms with Crippen LogP contribution in [0.5, 0.6) is 0 Å². The van der Waals surface area contributed by atoms with Crippen LogP contribution in [0, 0.1) is 13.8 Å². The molecular formula is C11H16N4O3S. The highest BCUT2D eigenvalue weighted by Gasteiger charge is 2.25. The summed E-state index contributed by atoms with van der Waals surface area (Å²) >= 11 is 0. The molecule has 0 fully saturated rings. The molecule has 19 heavy (non-hydrogen) atoms. The van der Waals surface area contributed by atoms with Crippen molar-refractivity contribution in [3.8, 4) is 0 Å². The van der Waals surface area contributed by atoms with Crippen molar-refractivity contribution in [2.24, 2.45) is 5.73 Å². The monoisotopic (exact) mass is 284 g/mol. The first-order valence-electron chi connectivity index (χ1n) is 5.72. The van der Waals surface area contributed by atoms with Gasteiger partial charge in [-0.05, 0) is 13.8 Å². The van der Waals surface area contributed by atoms with Crippen molar-refractivity contribution in [2.45, 2.75) is 31.8 Å². The summed E-state index contributed by atoms with van der Waals surface area (Å²) in [5.74, 6) is 0.876. The Balaban J connectivity index is 2.29. The molecule has 0 amide bonds. The van der Waals surface area contributed by atoms with Crippen LogP contribution in [0.1, 0.15) is 22.6 Å². The summed E-state index contributed by atoms with van der Waals surface area (Å²) in [6.07, 6.45) is 3.18. The summed E-state index contributed by atoms with van der Waals surface area (Å²) in [5, 5.41) is 6.37. The summed E-state index contributed by atoms with van der Waals surface area (Å²) in [6.45, 7) is 3.58. The van der Waals surface area contributed by atoms with Gasteiger partial charge in [0, 0.05) is 30.4 Å². The Morgan fingerprint density at radius 2 is 2.16 bits per heavy atom. The maximum Gasteiger partial charge on any atom is 0.244 e. The minimum absolute atomic E-state index is 0.116. The van der Waals surface area contributed by atoms with Gasteiger partial charge < -0.3 is 10.2 Å². The van der Waals surface area contributed by atoms with E-state index in [2.05, 4.69) is 14.9 Å². The van der Waals surface area contributed by atoms with Crippen LogP contribution in [0.3, 0.4) is 0 Å². The van der Waals surface area contributed by atoms with Crippen LogP contribution in [0.2, 0.25) is 0 Å². The van der Waals surface area contributed by atoms with E-state index in [9.17, 15) is 8.42 Å². The number of hydrogen-bond acceptors (Lipinski definition) is 5. The molecular weight excluding hydrogens is 268 g/mol. The Labute approximate surface area is 111 Å². The van der Waals surface area contributed by atoms with Gasteiger partial charge in [-0.25, -0.2) is 13.1 Å². The number of sulfonamides is 1. The number of nitrogens with zero attached hydrogens (tertiary/aromatic N) is 1. The van der Waals surface area contributed by atoms with Crippen LogP contribution in [-0.4, -0.2) is 18.6 Å². The van der Waals surface area contributed by atoms with Crippen LogP contribution in [0.4, 0.5) is 0 Å². The van der Waals surface area contributed by atoms with E-state index in [4.69, 9.17) is 10.2 Å². The Kier molecular flexibility index (Phi) is 3.74. The third-order valence-corrected chi connectivity index (χ3v) is 4.41. The zero-order chi connectivity index (χ0) is 14.0. The standard InChI is InChI=1S/C11H16N4O3S/c1-7-10(3-12)11(8(2)18-7)19(16,17)15-6-9-4-13-14-5-9/h4-5,15H,3,6,12H2,1-2H3,(H,13,14). The van der Waals surface area contributed by atoms with Gasteiger partial charge in [-0.3, -0.25) is 5.10 Å². The molecule has 7 nitrogen and oxygen atoms in total. The minimum Gasteiger partial charge on any atom is -0.465 e. The highest BCUT2D eigenvalue weighted by molar-refractivity contribution is 7.89. The van der Waals surface area contributed by atoms with E-state index in [1.807, 2.05) is 0 Å². The predicted molar refractivity (Wildman–Crippen MR) is 68.7 cm³/mol. The van der Waals surface area contributed by atoms with Gasteiger partial charge in [0.1, 0.15) is 16.4 Å². The average Bonchev–Trinajstić information content (AvgIpc) is 2.94. The number of furan rings is 1. The molecule has 0 aliphatic heterocycles. The summed E-state index contributed by atoms with van der Waals surface area (Å²) in [5.41, 5.74) is 6.84. The van der Waals surface area contributed by atoms with Crippen LogP contribution in [0.15, 0.2) is 21.7 Å². The van der Waals surface area contributed by atoms with Gasteiger partial charge in [0.05, 0.1) is 6.20 Å². The van der Waals surface area contributed by atoms with E-state index < -0.39 is 10.0 Å². The largest absolute Gasteiger partial charge is 0.465 e. The molecule has 2 aromatic rings. The lowest BCUT2D eigenvalue weighted by Crippen LogP contribution is -2.24. The maximum absolute atomic E-state index is 12.3. The summed E-state index contributed by atoms with van der Waals surface area (Å²) < 4.78 is 32.4. The van der Waals surface area contributed by atoms with Crippen molar-refractivity contribution < 1.29 is 12.8 Å². The van der Waals surface area contributed by atoms with E-state index in [0.717, 1.165) is 5.56 Å². The predicted octanol–water partition coefficient (Wildman–Crippen LogP) is 0.557. The van der Waals surface area contributed by atoms with Crippen molar-refractivity contribution in [3.63, 3.8) is 0 Å². The van der Waals surface area contributed by atoms with Crippen LogP contribution in [0.25, 0.3) is 0 Å². The lowest BCUT2D eigenvalue weighted by molar-refractivity contribution is 0.494. The Bertz CT molecular complexity index is 658. The first-order chi connectivity index (χ1) is 8.95. The highest BCUT2D eigenvalue weighted by atomic mass is 32.2. The number of rotatable bonds is 5. The molecule has 2 aromatic heterocycles.